The monoisotopic (exact) mass is 486 g/mol. The number of amides is 2. The molecular formula is C26H29F3N4O2. The van der Waals surface area contributed by atoms with Crippen molar-refractivity contribution in [1.29, 1.82) is 0 Å². The predicted molar refractivity (Wildman–Crippen MR) is 129 cm³/mol. The van der Waals surface area contributed by atoms with Crippen molar-refractivity contribution in [1.82, 2.24) is 14.7 Å². The van der Waals surface area contributed by atoms with E-state index < -0.39 is 23.6 Å². The van der Waals surface area contributed by atoms with Crippen LogP contribution in [0.1, 0.15) is 55.7 Å². The summed E-state index contributed by atoms with van der Waals surface area (Å²) < 4.78 is 40.9. The molecule has 0 saturated carbocycles. The second-order valence-electron chi connectivity index (χ2n) is 9.27. The molecule has 2 aromatic carbocycles. The SMILES string of the molecule is CCCN(CC(=O)Nc1cc(C(C)(C)C)nn1-c1ccccc1)C(=O)c1cccc(C(F)(F)F)c1. The number of anilines is 1. The van der Waals surface area contributed by atoms with E-state index in [1.165, 1.54) is 17.0 Å². The lowest BCUT2D eigenvalue weighted by Gasteiger charge is -2.22. The summed E-state index contributed by atoms with van der Waals surface area (Å²) in [5.41, 5.74) is 0.217. The number of carbonyl (C=O) groups excluding carboxylic acids is 2. The van der Waals surface area contributed by atoms with Crippen LogP contribution in [0.3, 0.4) is 0 Å². The number of rotatable bonds is 7. The minimum absolute atomic E-state index is 0.120. The van der Waals surface area contributed by atoms with Crippen LogP contribution in [0.15, 0.2) is 60.7 Å². The molecule has 186 valence electrons. The second kappa shape index (κ2) is 10.3. The van der Waals surface area contributed by atoms with Gasteiger partial charge in [0.05, 0.1) is 16.9 Å². The van der Waals surface area contributed by atoms with E-state index in [-0.39, 0.29) is 24.1 Å². The predicted octanol–water partition coefficient (Wildman–Crippen LogP) is 5.68. The quantitative estimate of drug-likeness (QED) is 0.467. The number of aromatic nitrogens is 2. The van der Waals surface area contributed by atoms with Crippen LogP contribution in [0, 0.1) is 0 Å². The summed E-state index contributed by atoms with van der Waals surface area (Å²) in [4.78, 5) is 27.2. The van der Waals surface area contributed by atoms with Crippen LogP contribution < -0.4 is 5.32 Å². The van der Waals surface area contributed by atoms with E-state index in [1.54, 1.807) is 10.7 Å². The van der Waals surface area contributed by atoms with Gasteiger partial charge in [0, 0.05) is 23.6 Å². The summed E-state index contributed by atoms with van der Waals surface area (Å²) in [6.45, 7) is 7.75. The molecule has 0 atom stereocenters. The van der Waals surface area contributed by atoms with Gasteiger partial charge in [-0.3, -0.25) is 9.59 Å². The number of carbonyl (C=O) groups is 2. The number of benzene rings is 2. The summed E-state index contributed by atoms with van der Waals surface area (Å²) in [7, 11) is 0. The lowest BCUT2D eigenvalue weighted by molar-refractivity contribution is -0.137. The van der Waals surface area contributed by atoms with Crippen molar-refractivity contribution in [2.45, 2.75) is 45.7 Å². The van der Waals surface area contributed by atoms with Crippen LogP contribution in [0.5, 0.6) is 0 Å². The van der Waals surface area contributed by atoms with E-state index in [9.17, 15) is 22.8 Å². The Labute approximate surface area is 202 Å². The number of hydrogen-bond acceptors (Lipinski definition) is 3. The first-order valence-corrected chi connectivity index (χ1v) is 11.3. The zero-order valence-corrected chi connectivity index (χ0v) is 20.2. The largest absolute Gasteiger partial charge is 0.416 e. The van der Waals surface area contributed by atoms with E-state index in [2.05, 4.69) is 10.4 Å². The van der Waals surface area contributed by atoms with Crippen molar-refractivity contribution in [2.24, 2.45) is 0 Å². The normalized spacial score (nSPS) is 11.9. The highest BCUT2D eigenvalue weighted by Gasteiger charge is 2.31. The highest BCUT2D eigenvalue weighted by Crippen LogP contribution is 2.30. The van der Waals surface area contributed by atoms with E-state index >= 15 is 0 Å². The Bertz CT molecular complexity index is 1180. The van der Waals surface area contributed by atoms with Gasteiger partial charge < -0.3 is 10.2 Å². The Morgan fingerprint density at radius 3 is 2.29 bits per heavy atom. The van der Waals surface area contributed by atoms with Gasteiger partial charge in [-0.15, -0.1) is 0 Å². The molecule has 0 aliphatic rings. The van der Waals surface area contributed by atoms with Crippen molar-refractivity contribution < 1.29 is 22.8 Å². The number of halogens is 3. The van der Waals surface area contributed by atoms with Gasteiger partial charge in [-0.25, -0.2) is 4.68 Å². The minimum Gasteiger partial charge on any atom is -0.329 e. The van der Waals surface area contributed by atoms with Crippen molar-refractivity contribution in [2.75, 3.05) is 18.4 Å². The lowest BCUT2D eigenvalue weighted by Crippen LogP contribution is -2.38. The summed E-state index contributed by atoms with van der Waals surface area (Å²) in [6, 6.07) is 15.3. The molecule has 1 aromatic heterocycles. The number of para-hydroxylation sites is 1. The first kappa shape index (κ1) is 26.0. The molecule has 0 fully saturated rings. The van der Waals surface area contributed by atoms with Gasteiger partial charge in [-0.1, -0.05) is 52.0 Å². The fraction of sp³-hybridized carbons (Fsp3) is 0.346. The molecule has 0 radical (unpaired) electrons. The van der Waals surface area contributed by atoms with Gasteiger partial charge in [0.2, 0.25) is 5.91 Å². The molecule has 9 heteroatoms. The van der Waals surface area contributed by atoms with Crippen LogP contribution in [0.2, 0.25) is 0 Å². The lowest BCUT2D eigenvalue weighted by atomic mass is 9.92. The molecule has 3 aromatic rings. The summed E-state index contributed by atoms with van der Waals surface area (Å²) in [5, 5.41) is 7.47. The average molecular weight is 487 g/mol. The van der Waals surface area contributed by atoms with E-state index in [0.717, 1.165) is 23.5 Å². The van der Waals surface area contributed by atoms with Crippen LogP contribution in [0.4, 0.5) is 19.0 Å². The Morgan fingerprint density at radius 1 is 1.00 bits per heavy atom. The molecule has 1 N–H and O–H groups in total. The van der Waals surface area contributed by atoms with Crippen molar-refractivity contribution in [3.05, 3.63) is 77.5 Å². The summed E-state index contributed by atoms with van der Waals surface area (Å²) >= 11 is 0. The number of nitrogens with zero attached hydrogens (tertiary/aromatic N) is 3. The fourth-order valence-corrected chi connectivity index (χ4v) is 3.49. The highest BCUT2D eigenvalue weighted by atomic mass is 19.4. The van der Waals surface area contributed by atoms with Gasteiger partial charge >= 0.3 is 6.18 Å². The zero-order chi connectivity index (χ0) is 25.8. The van der Waals surface area contributed by atoms with Crippen LogP contribution in [-0.4, -0.2) is 39.6 Å². The molecule has 6 nitrogen and oxygen atoms in total. The third-order valence-corrected chi connectivity index (χ3v) is 5.30. The average Bonchev–Trinajstić information content (AvgIpc) is 3.22. The van der Waals surface area contributed by atoms with Gasteiger partial charge in [0.15, 0.2) is 0 Å². The smallest absolute Gasteiger partial charge is 0.329 e. The molecule has 35 heavy (non-hydrogen) atoms. The van der Waals surface area contributed by atoms with Crippen molar-refractivity contribution in [3.8, 4) is 5.69 Å². The van der Waals surface area contributed by atoms with E-state index in [0.29, 0.717) is 12.2 Å². The van der Waals surface area contributed by atoms with Gasteiger partial charge in [0.1, 0.15) is 12.4 Å². The van der Waals surface area contributed by atoms with Crippen LogP contribution >= 0.6 is 0 Å². The number of nitrogens with one attached hydrogen (secondary N) is 1. The molecular weight excluding hydrogens is 457 g/mol. The fourth-order valence-electron chi connectivity index (χ4n) is 3.49. The van der Waals surface area contributed by atoms with Crippen LogP contribution in [-0.2, 0) is 16.4 Å². The number of alkyl halides is 3. The molecule has 0 aliphatic heterocycles. The maximum Gasteiger partial charge on any atom is 0.416 e. The first-order valence-electron chi connectivity index (χ1n) is 11.3. The van der Waals surface area contributed by atoms with Gasteiger partial charge in [-0.2, -0.15) is 18.3 Å². The van der Waals surface area contributed by atoms with Crippen LogP contribution in [0.25, 0.3) is 5.69 Å². The maximum atomic E-state index is 13.1. The van der Waals surface area contributed by atoms with Crippen molar-refractivity contribution in [3.63, 3.8) is 0 Å². The Balaban J connectivity index is 1.84. The molecule has 2 amide bonds. The first-order chi connectivity index (χ1) is 16.4. The molecule has 1 heterocycles. The maximum absolute atomic E-state index is 13.1. The molecule has 0 spiro atoms. The zero-order valence-electron chi connectivity index (χ0n) is 20.2. The number of hydrogen-bond donors (Lipinski definition) is 1. The highest BCUT2D eigenvalue weighted by molar-refractivity contribution is 5.99. The Kier molecular flexibility index (Phi) is 7.67. The minimum atomic E-state index is -4.57. The topological polar surface area (TPSA) is 67.2 Å². The molecule has 0 bridgehead atoms. The third-order valence-electron chi connectivity index (χ3n) is 5.30. The Morgan fingerprint density at radius 2 is 1.69 bits per heavy atom. The van der Waals surface area contributed by atoms with Crippen molar-refractivity contribution >= 4 is 17.6 Å². The standard InChI is InChI=1S/C26H29F3N4O2/c1-5-14-32(24(35)18-10-9-11-19(15-18)26(27,28)29)17-23(34)30-22-16-21(25(2,3)4)31-33(22)20-12-7-6-8-13-20/h6-13,15-16H,5,14,17H2,1-4H3,(H,30,34). The summed E-state index contributed by atoms with van der Waals surface area (Å²) in [6.07, 6.45) is -4.03. The van der Waals surface area contributed by atoms with E-state index in [1.807, 2.05) is 58.0 Å². The molecule has 0 aliphatic carbocycles. The second-order valence-corrected chi connectivity index (χ2v) is 9.27. The summed E-state index contributed by atoms with van der Waals surface area (Å²) in [5.74, 6) is -0.676. The third kappa shape index (κ3) is 6.49. The molecule has 3 rings (SSSR count). The van der Waals surface area contributed by atoms with Gasteiger partial charge in [-0.05, 0) is 36.8 Å². The Hall–Kier alpha value is -3.62. The molecule has 0 saturated heterocycles. The molecule has 0 unspecified atom stereocenters. The van der Waals surface area contributed by atoms with E-state index in [4.69, 9.17) is 0 Å². The van der Waals surface area contributed by atoms with Gasteiger partial charge in [0.25, 0.3) is 5.91 Å².